The molecule has 4 aromatic carbocycles. The highest BCUT2D eigenvalue weighted by molar-refractivity contribution is 5.90. The van der Waals surface area contributed by atoms with Crippen LogP contribution in [0.2, 0.25) is 0 Å². The Morgan fingerprint density at radius 3 is 1.26 bits per heavy atom. The minimum Gasteiger partial charge on any atom is -0.480 e. The average Bonchev–Trinajstić information content (AvgIpc) is 3.33. The predicted molar refractivity (Wildman–Crippen MR) is 289 cm³/mol. The largest absolute Gasteiger partial charge is 0.480 e. The molecule has 0 radical (unpaired) electrons. The van der Waals surface area contributed by atoms with Crippen molar-refractivity contribution < 1.29 is 52.8 Å². The van der Waals surface area contributed by atoms with Gasteiger partial charge in [-0.15, -0.1) is 12.4 Å². The number of carbonyl (C=O) groups excluding carboxylic acids is 5. The summed E-state index contributed by atoms with van der Waals surface area (Å²) in [6, 6.07) is 32.8. The third-order valence-electron chi connectivity index (χ3n) is 10.3. The fourth-order valence-corrected chi connectivity index (χ4v) is 6.75. The number of nitrogens with one attached hydrogen (secondary N) is 3. The number of carbonyl (C=O) groups is 6. The van der Waals surface area contributed by atoms with Gasteiger partial charge in [0.25, 0.3) is 0 Å². The number of nitrogens with zero attached hydrogens (tertiary/aromatic N) is 1. The van der Waals surface area contributed by atoms with E-state index in [1.54, 1.807) is 77.9 Å². The van der Waals surface area contributed by atoms with Crippen LogP contribution < -0.4 is 21.7 Å². The molecule has 0 aliphatic heterocycles. The molecule has 0 aliphatic carbocycles. The van der Waals surface area contributed by atoms with Crippen LogP contribution >= 0.6 is 12.4 Å². The molecule has 0 heterocycles. The van der Waals surface area contributed by atoms with Crippen LogP contribution in [0.5, 0.6) is 0 Å². The van der Waals surface area contributed by atoms with Gasteiger partial charge in [-0.25, -0.2) is 24.0 Å². The van der Waals surface area contributed by atoms with E-state index in [9.17, 15) is 28.8 Å². The van der Waals surface area contributed by atoms with Gasteiger partial charge in [0.05, 0.1) is 25.3 Å². The lowest BCUT2D eigenvalue weighted by molar-refractivity contribution is -0.139. The summed E-state index contributed by atoms with van der Waals surface area (Å²) in [5.41, 5.74) is 9.00. The maximum Gasteiger partial charge on any atom is 0.408 e. The number of hydrogen-bond donors (Lipinski definition) is 5. The van der Waals surface area contributed by atoms with Crippen molar-refractivity contribution >= 4 is 48.4 Å². The van der Waals surface area contributed by atoms with Crippen LogP contribution in [0.3, 0.4) is 0 Å². The van der Waals surface area contributed by atoms with E-state index in [1.165, 1.54) is 14.2 Å². The summed E-state index contributed by atoms with van der Waals surface area (Å²) in [7, 11) is 2.68. The molecule has 4 aromatic rings. The van der Waals surface area contributed by atoms with E-state index in [1.807, 2.05) is 72.8 Å². The smallest absolute Gasteiger partial charge is 0.408 e. The fourth-order valence-electron chi connectivity index (χ4n) is 6.75. The molecular formula is C56H82ClN5O11. The molecular weight excluding hydrogens is 954 g/mol. The molecule has 3 amide bonds. The molecule has 0 bridgehead atoms. The Labute approximate surface area is 439 Å². The van der Waals surface area contributed by atoms with E-state index in [0.29, 0.717) is 55.4 Å². The number of carboxylic acids is 1. The normalized spacial score (nSPS) is 11.5. The number of rotatable bonds is 18. The molecule has 73 heavy (non-hydrogen) atoms. The minimum absolute atomic E-state index is 0. The number of carboxylic acid groups (broad SMARTS) is 1. The summed E-state index contributed by atoms with van der Waals surface area (Å²) in [6.45, 7) is 23.6. The van der Waals surface area contributed by atoms with Crippen molar-refractivity contribution in [3.05, 3.63) is 143 Å². The average molecular weight is 1040 g/mol. The summed E-state index contributed by atoms with van der Waals surface area (Å²) in [5.74, 6) is -2.11. The standard InChI is InChI=1S/C24H30N2O5.C15H21NO4.C9H11NO2.C8H19N.ClH/c1-24(2,3)31-23(29)26-20(15-12-17-8-6-5-7-9-17)21(27)25-16-18-10-13-19(14-11-18)22(28)30-4;1-15(2,3)20-14(19)16-12(13(17)18)10-9-11-7-5-4-6-8-11;1-12-9(11)8-4-2-7(6-10)3-5-8;1-6-9(7(2)3)8(4)5;/h5-11,13-14,20H,12,15-16H2,1-4H3,(H,25,27)(H,26,29);4-8,12H,9-10H2,1-3H3,(H,16,19)(H,17,18);2-5H,6,10H2,1H3;7-8H,6H2,1-5H3;1H/t20-;12-;;;/m00.../s1. The molecule has 0 saturated carbocycles. The quantitative estimate of drug-likeness (QED) is 0.0463. The molecule has 2 atom stereocenters. The van der Waals surface area contributed by atoms with E-state index in [-0.39, 0.29) is 30.8 Å². The SMILES string of the molecule is CC(C)(C)OC(=O)N[C@@H](CCc1ccccc1)C(=O)O.CCN(C(C)C)C(C)C.COC(=O)c1ccc(CN)cc1.COC(=O)c1ccc(CNC(=O)[C@H](CCc2ccccc2)NC(=O)OC(C)(C)C)cc1.Cl. The Kier molecular flexibility index (Phi) is 31.7. The van der Waals surface area contributed by atoms with Gasteiger partial charge in [-0.3, -0.25) is 9.69 Å². The molecule has 0 spiro atoms. The van der Waals surface area contributed by atoms with E-state index in [0.717, 1.165) is 28.8 Å². The molecule has 0 aliphatic rings. The summed E-state index contributed by atoms with van der Waals surface area (Å²) in [4.78, 5) is 72.7. The maximum absolute atomic E-state index is 12.8. The highest BCUT2D eigenvalue weighted by Crippen LogP contribution is 2.13. The number of alkyl carbamates (subject to hydrolysis) is 2. The second-order valence-corrected chi connectivity index (χ2v) is 19.1. The Balaban J connectivity index is 0.00000105. The number of halogens is 1. The van der Waals surface area contributed by atoms with Gasteiger partial charge in [0, 0.05) is 25.2 Å². The van der Waals surface area contributed by atoms with Crippen molar-refractivity contribution in [2.24, 2.45) is 5.73 Å². The number of aryl methyl sites for hydroxylation is 2. The van der Waals surface area contributed by atoms with Gasteiger partial charge >= 0.3 is 30.1 Å². The van der Waals surface area contributed by atoms with E-state index in [2.05, 4.69) is 64.9 Å². The molecule has 404 valence electrons. The summed E-state index contributed by atoms with van der Waals surface area (Å²) in [5, 5.41) is 17.0. The first-order chi connectivity index (χ1) is 33.8. The molecule has 0 saturated heterocycles. The molecule has 6 N–H and O–H groups in total. The van der Waals surface area contributed by atoms with Crippen LogP contribution in [0.25, 0.3) is 0 Å². The minimum atomic E-state index is -1.06. The number of methoxy groups -OCH3 is 2. The Morgan fingerprint density at radius 1 is 0.575 bits per heavy atom. The van der Waals surface area contributed by atoms with Crippen molar-refractivity contribution in [3.63, 3.8) is 0 Å². The number of amides is 3. The van der Waals surface area contributed by atoms with Crippen molar-refractivity contribution in [1.29, 1.82) is 0 Å². The number of benzene rings is 4. The lowest BCUT2D eigenvalue weighted by Gasteiger charge is -2.28. The van der Waals surface area contributed by atoms with Crippen LogP contribution in [0.1, 0.15) is 132 Å². The van der Waals surface area contributed by atoms with Gasteiger partial charge in [0.15, 0.2) is 0 Å². The van der Waals surface area contributed by atoms with Gasteiger partial charge in [0.2, 0.25) is 5.91 Å². The first-order valence-electron chi connectivity index (χ1n) is 24.2. The van der Waals surface area contributed by atoms with Crippen molar-refractivity contribution in [3.8, 4) is 0 Å². The van der Waals surface area contributed by atoms with E-state index >= 15 is 0 Å². The topological polar surface area (TPSA) is 225 Å². The lowest BCUT2D eigenvalue weighted by Crippen LogP contribution is -2.48. The number of nitrogens with two attached hydrogens (primary N) is 1. The van der Waals surface area contributed by atoms with Gasteiger partial charge in [-0.2, -0.15) is 0 Å². The van der Waals surface area contributed by atoms with Gasteiger partial charge < -0.3 is 45.7 Å². The zero-order valence-corrected chi connectivity index (χ0v) is 45.9. The summed E-state index contributed by atoms with van der Waals surface area (Å²) < 4.78 is 19.6. The second kappa shape index (κ2) is 34.8. The number of aliphatic carboxylic acids is 1. The zero-order valence-electron chi connectivity index (χ0n) is 45.1. The molecule has 16 nitrogen and oxygen atoms in total. The number of esters is 2. The fraction of sp³-hybridized carbons (Fsp3) is 0.464. The van der Waals surface area contributed by atoms with E-state index in [4.69, 9.17) is 20.3 Å². The Morgan fingerprint density at radius 2 is 0.945 bits per heavy atom. The molecule has 17 heteroatoms. The summed E-state index contributed by atoms with van der Waals surface area (Å²) >= 11 is 0. The van der Waals surface area contributed by atoms with Gasteiger partial charge in [0.1, 0.15) is 23.3 Å². The highest BCUT2D eigenvalue weighted by Gasteiger charge is 2.25. The first-order valence-corrected chi connectivity index (χ1v) is 24.2. The van der Waals surface area contributed by atoms with Crippen molar-refractivity contribution in [1.82, 2.24) is 20.9 Å². The number of ether oxygens (including phenoxy) is 4. The van der Waals surface area contributed by atoms with Crippen LogP contribution in [0.4, 0.5) is 9.59 Å². The van der Waals surface area contributed by atoms with Crippen LogP contribution in [0, 0.1) is 0 Å². The maximum atomic E-state index is 12.8. The molecule has 0 fully saturated rings. The van der Waals surface area contributed by atoms with E-state index < -0.39 is 47.4 Å². The Hall–Kier alpha value is -6.49. The van der Waals surface area contributed by atoms with Crippen LogP contribution in [0.15, 0.2) is 109 Å². The first kappa shape index (κ1) is 66.5. The zero-order chi connectivity index (χ0) is 54.4. The monoisotopic (exact) mass is 1040 g/mol. The van der Waals surface area contributed by atoms with Gasteiger partial charge in [-0.05, 0) is 148 Å². The van der Waals surface area contributed by atoms with Crippen molar-refractivity contribution in [2.75, 3.05) is 20.8 Å². The lowest BCUT2D eigenvalue weighted by atomic mass is 10.0. The third kappa shape index (κ3) is 29.6. The second-order valence-electron chi connectivity index (χ2n) is 19.1. The predicted octanol–water partition coefficient (Wildman–Crippen LogP) is 9.69. The van der Waals surface area contributed by atoms with Crippen LogP contribution in [-0.4, -0.2) is 102 Å². The highest BCUT2D eigenvalue weighted by atomic mass is 35.5. The molecule has 0 unspecified atom stereocenters. The summed E-state index contributed by atoms with van der Waals surface area (Å²) in [6.07, 6.45) is 0.603. The Bertz CT molecular complexity index is 2210. The van der Waals surface area contributed by atoms with Gasteiger partial charge in [-0.1, -0.05) is 91.9 Å². The third-order valence-corrected chi connectivity index (χ3v) is 10.3. The van der Waals surface area contributed by atoms with Crippen molar-refractivity contribution in [2.45, 2.75) is 150 Å². The molecule has 0 aromatic heterocycles. The molecule has 4 rings (SSSR count). The number of hydrogen-bond acceptors (Lipinski definition) is 12. The van der Waals surface area contributed by atoms with Crippen LogP contribution in [-0.2, 0) is 54.5 Å².